The monoisotopic (exact) mass is 511 g/mol. The van der Waals surface area contributed by atoms with E-state index in [1.165, 1.54) is 4.57 Å². The van der Waals surface area contributed by atoms with Crippen molar-refractivity contribution in [3.05, 3.63) is 78.1 Å². The molecule has 1 saturated heterocycles. The van der Waals surface area contributed by atoms with Gasteiger partial charge < -0.3 is 25.0 Å². The van der Waals surface area contributed by atoms with Crippen molar-refractivity contribution in [2.75, 3.05) is 7.11 Å². The maximum atomic E-state index is 13.1. The van der Waals surface area contributed by atoms with Crippen LogP contribution in [0.5, 0.6) is 11.6 Å². The predicted molar refractivity (Wildman–Crippen MR) is 139 cm³/mol. The fourth-order valence-corrected chi connectivity index (χ4v) is 4.78. The van der Waals surface area contributed by atoms with Gasteiger partial charge in [-0.15, -0.1) is 0 Å². The van der Waals surface area contributed by atoms with Crippen molar-refractivity contribution >= 4 is 28.6 Å². The molecule has 10 heteroatoms. The molecule has 0 radical (unpaired) electrons. The van der Waals surface area contributed by atoms with Crippen molar-refractivity contribution in [1.82, 2.24) is 25.5 Å². The van der Waals surface area contributed by atoms with E-state index >= 15 is 0 Å². The molecule has 0 spiro atoms. The zero-order valence-corrected chi connectivity index (χ0v) is 20.5. The molecule has 2 fully saturated rings. The molecule has 1 saturated carbocycles. The number of pyridine rings is 1. The molecule has 192 valence electrons. The van der Waals surface area contributed by atoms with Crippen LogP contribution < -0.4 is 20.7 Å². The Bertz CT molecular complexity index is 1590. The maximum Gasteiger partial charge on any atom is 0.322 e. The lowest BCUT2D eigenvalue weighted by molar-refractivity contribution is -0.124. The van der Waals surface area contributed by atoms with Crippen molar-refractivity contribution in [3.8, 4) is 22.9 Å². The highest BCUT2D eigenvalue weighted by Crippen LogP contribution is 2.35. The van der Waals surface area contributed by atoms with Gasteiger partial charge in [0, 0.05) is 40.3 Å². The molecule has 6 rings (SSSR count). The van der Waals surface area contributed by atoms with Gasteiger partial charge in [0.2, 0.25) is 0 Å². The Morgan fingerprint density at radius 2 is 1.95 bits per heavy atom. The fraction of sp³-hybridized carbons (Fsp3) is 0.214. The van der Waals surface area contributed by atoms with Gasteiger partial charge in [0.25, 0.3) is 11.8 Å². The van der Waals surface area contributed by atoms with E-state index in [-0.39, 0.29) is 24.4 Å². The van der Waals surface area contributed by atoms with Crippen molar-refractivity contribution in [3.63, 3.8) is 0 Å². The van der Waals surface area contributed by atoms with Gasteiger partial charge in [-0.05, 0) is 48.7 Å². The molecular formula is C28H25N5O5. The number of nitrogens with zero attached hydrogens (tertiary/aromatic N) is 2. The van der Waals surface area contributed by atoms with Crippen molar-refractivity contribution in [2.24, 2.45) is 0 Å². The van der Waals surface area contributed by atoms with Crippen LogP contribution in [0.3, 0.4) is 0 Å². The van der Waals surface area contributed by atoms with Crippen LogP contribution in [-0.4, -0.2) is 45.7 Å². The minimum absolute atomic E-state index is 0.0399. The first-order valence-corrected chi connectivity index (χ1v) is 12.2. The number of urea groups is 1. The highest BCUT2D eigenvalue weighted by Gasteiger charge is 2.48. The largest absolute Gasteiger partial charge is 0.497 e. The number of fused-ring (bicyclic) bond motifs is 1. The Morgan fingerprint density at radius 1 is 1.16 bits per heavy atom. The molecule has 4 aromatic rings. The number of nitrogens with one attached hydrogen (secondary N) is 3. The van der Waals surface area contributed by atoms with E-state index in [4.69, 9.17) is 4.74 Å². The Kier molecular flexibility index (Phi) is 5.52. The highest BCUT2D eigenvalue weighted by molar-refractivity contribution is 6.07. The maximum absolute atomic E-state index is 13.1. The van der Waals surface area contributed by atoms with E-state index in [1.807, 2.05) is 6.07 Å². The smallest absolute Gasteiger partial charge is 0.322 e. The van der Waals surface area contributed by atoms with E-state index in [1.54, 1.807) is 68.0 Å². The summed E-state index contributed by atoms with van der Waals surface area (Å²) in [6, 6.07) is 15.4. The summed E-state index contributed by atoms with van der Waals surface area (Å²) in [5, 5.41) is 20.3. The third-order valence-electron chi connectivity index (χ3n) is 7.03. The van der Waals surface area contributed by atoms with Crippen LogP contribution in [0.4, 0.5) is 4.79 Å². The van der Waals surface area contributed by atoms with E-state index in [0.29, 0.717) is 28.0 Å². The summed E-state index contributed by atoms with van der Waals surface area (Å²) in [5.41, 5.74) is 0.957. The zero-order chi connectivity index (χ0) is 26.4. The number of amides is 4. The van der Waals surface area contributed by atoms with Gasteiger partial charge in [0.15, 0.2) is 11.4 Å². The fourth-order valence-electron chi connectivity index (χ4n) is 4.78. The van der Waals surface area contributed by atoms with Crippen molar-refractivity contribution in [1.29, 1.82) is 0 Å². The molecule has 1 unspecified atom stereocenters. The van der Waals surface area contributed by atoms with Crippen LogP contribution in [0.25, 0.3) is 22.0 Å². The lowest BCUT2D eigenvalue weighted by atomic mass is 9.88. The number of rotatable bonds is 7. The zero-order valence-electron chi connectivity index (χ0n) is 20.5. The molecule has 4 N–H and O–H groups in total. The van der Waals surface area contributed by atoms with Crippen LogP contribution in [-0.2, 0) is 16.9 Å². The number of benzene rings is 2. The third-order valence-corrected chi connectivity index (χ3v) is 7.03. The number of hydrogen-bond donors (Lipinski definition) is 4. The molecule has 1 aliphatic heterocycles. The quantitative estimate of drug-likeness (QED) is 0.282. The van der Waals surface area contributed by atoms with Crippen molar-refractivity contribution in [2.45, 2.75) is 31.0 Å². The number of carbonyl (C=O) groups is 3. The highest BCUT2D eigenvalue weighted by atomic mass is 16.5. The topological polar surface area (TPSA) is 135 Å². The Balaban J connectivity index is 1.33. The van der Waals surface area contributed by atoms with Gasteiger partial charge in [0.05, 0.1) is 19.3 Å². The second-order valence-corrected chi connectivity index (χ2v) is 9.60. The van der Waals surface area contributed by atoms with Crippen LogP contribution in [0.2, 0.25) is 0 Å². The Labute approximate surface area is 217 Å². The molecule has 0 bridgehead atoms. The van der Waals surface area contributed by atoms with Gasteiger partial charge in [-0.3, -0.25) is 19.9 Å². The minimum Gasteiger partial charge on any atom is -0.497 e. The first-order valence-electron chi connectivity index (χ1n) is 12.2. The van der Waals surface area contributed by atoms with Crippen LogP contribution in [0.15, 0.2) is 67.0 Å². The average Bonchev–Trinajstić information content (AvgIpc) is 3.63. The lowest BCUT2D eigenvalue weighted by Gasteiger charge is -2.27. The Morgan fingerprint density at radius 3 is 2.63 bits per heavy atom. The molecule has 3 heterocycles. The first kappa shape index (κ1) is 23.5. The molecule has 2 aromatic carbocycles. The number of ether oxygens (including phenoxy) is 1. The standard InChI is InChI=1S/C28H25N5O5/c1-38-21-9-4-18-14-33(25(35)22(18)13-21)15-28(26(36)31-27(37)32-28)19-5-2-16(3-6-19)23-12-17(10-11-29-23)24(34)30-20-7-8-20/h2-6,9-14,20,35H,7-8,15H2,1H3,(H,30,34)(H2,31,32,36,37). The minimum atomic E-state index is -1.45. The molecule has 4 amide bonds. The molecule has 10 nitrogen and oxygen atoms in total. The SMILES string of the molecule is COc1ccc2cn(CC3(c4ccc(-c5cc(C(=O)NC6CC6)ccn5)cc4)NC(=O)NC3=O)c(O)c2c1. The van der Waals surface area contributed by atoms with Crippen molar-refractivity contribution < 1.29 is 24.2 Å². The van der Waals surface area contributed by atoms with Crippen LogP contribution in [0, 0.1) is 0 Å². The van der Waals surface area contributed by atoms with Gasteiger partial charge in [-0.1, -0.05) is 24.3 Å². The third kappa shape index (κ3) is 4.09. The second-order valence-electron chi connectivity index (χ2n) is 9.60. The summed E-state index contributed by atoms with van der Waals surface area (Å²) in [7, 11) is 1.54. The molecule has 1 aliphatic carbocycles. The van der Waals surface area contributed by atoms with E-state index in [0.717, 1.165) is 23.8 Å². The number of aromatic hydroxyl groups is 1. The number of hydrogen-bond acceptors (Lipinski definition) is 6. The predicted octanol–water partition coefficient (Wildman–Crippen LogP) is 3.04. The molecular weight excluding hydrogens is 486 g/mol. The summed E-state index contributed by atoms with van der Waals surface area (Å²) in [4.78, 5) is 42.3. The second kappa shape index (κ2) is 8.91. The molecule has 2 aromatic heterocycles. The summed E-state index contributed by atoms with van der Waals surface area (Å²) in [6.45, 7) is -0.0399. The summed E-state index contributed by atoms with van der Waals surface area (Å²) in [6.07, 6.45) is 5.32. The average molecular weight is 512 g/mol. The molecule has 38 heavy (non-hydrogen) atoms. The summed E-state index contributed by atoms with van der Waals surface area (Å²) in [5.74, 6) is -0.116. The summed E-state index contributed by atoms with van der Waals surface area (Å²) < 4.78 is 6.79. The van der Waals surface area contributed by atoms with E-state index < -0.39 is 17.5 Å². The van der Waals surface area contributed by atoms with Crippen LogP contribution in [0.1, 0.15) is 28.8 Å². The molecule has 1 atom stereocenters. The normalized spacial score (nSPS) is 18.8. The summed E-state index contributed by atoms with van der Waals surface area (Å²) >= 11 is 0. The van der Waals surface area contributed by atoms with Crippen LogP contribution >= 0.6 is 0 Å². The van der Waals surface area contributed by atoms with Gasteiger partial charge in [-0.25, -0.2) is 4.79 Å². The van der Waals surface area contributed by atoms with Gasteiger partial charge in [-0.2, -0.15) is 0 Å². The van der Waals surface area contributed by atoms with Gasteiger partial charge >= 0.3 is 6.03 Å². The lowest BCUT2D eigenvalue weighted by Crippen LogP contribution is -2.47. The number of carbonyl (C=O) groups excluding carboxylic acids is 3. The van der Waals surface area contributed by atoms with E-state index in [2.05, 4.69) is 20.9 Å². The molecule has 2 aliphatic rings. The van der Waals surface area contributed by atoms with Gasteiger partial charge in [0.1, 0.15) is 5.75 Å². The first-order chi connectivity index (χ1) is 18.4. The number of imide groups is 1. The Hall–Kier alpha value is -4.86. The number of aromatic nitrogens is 2. The number of methoxy groups -OCH3 is 1. The van der Waals surface area contributed by atoms with E-state index in [9.17, 15) is 19.5 Å².